The van der Waals surface area contributed by atoms with Crippen molar-refractivity contribution in [2.24, 2.45) is 0 Å². The van der Waals surface area contributed by atoms with Crippen LogP contribution in [0.1, 0.15) is 22.3 Å². The number of nitrogens with zero attached hydrogens (tertiary/aromatic N) is 4. The van der Waals surface area contributed by atoms with E-state index in [4.69, 9.17) is 0 Å². The van der Waals surface area contributed by atoms with E-state index in [0.29, 0.717) is 0 Å². The van der Waals surface area contributed by atoms with Crippen molar-refractivity contribution in [1.82, 2.24) is 9.13 Å². The summed E-state index contributed by atoms with van der Waals surface area (Å²) in [6.07, 6.45) is 0. The lowest BCUT2D eigenvalue weighted by Gasteiger charge is -2.32. The second kappa shape index (κ2) is 33.0. The van der Waals surface area contributed by atoms with Crippen molar-refractivity contribution >= 4 is 172 Å². The maximum Gasteiger partial charge on any atom is 0.0726 e. The Hall–Kier alpha value is -17.3. The number of para-hydroxylation sites is 2. The molecular weight excluding hydrogens is 1750 g/mol. The molecule has 1 spiro atoms. The van der Waals surface area contributed by atoms with E-state index >= 15 is 0 Å². The molecule has 22 aromatic carbocycles. The summed E-state index contributed by atoms with van der Waals surface area (Å²) in [5.74, 6) is 0. The van der Waals surface area contributed by atoms with Gasteiger partial charge in [0.2, 0.25) is 0 Å². The van der Waals surface area contributed by atoms with E-state index < -0.39 is 5.41 Å². The number of anilines is 6. The fourth-order valence-electron chi connectivity index (χ4n) is 22.9. The van der Waals surface area contributed by atoms with Gasteiger partial charge in [-0.05, 0) is 246 Å². The van der Waals surface area contributed by atoms with Gasteiger partial charge in [0.05, 0.1) is 27.5 Å². The molecule has 5 aromatic heterocycles. The first-order valence-electron chi connectivity index (χ1n) is 48.0. The summed E-state index contributed by atoms with van der Waals surface area (Å²) in [4.78, 5) is 4.86. The average molecular weight is 1830 g/mol. The second-order valence-electron chi connectivity index (χ2n) is 36.8. The molecular formula is C133H84N4S3. The zero-order chi connectivity index (χ0) is 92.0. The first-order valence-corrected chi connectivity index (χ1v) is 50.4. The molecule has 0 fully saturated rings. The Morgan fingerprint density at radius 1 is 0.171 bits per heavy atom. The molecule has 654 valence electrons. The third-order valence-electron chi connectivity index (χ3n) is 29.2. The van der Waals surface area contributed by atoms with Gasteiger partial charge in [-0.25, -0.2) is 0 Å². The van der Waals surface area contributed by atoms with Crippen LogP contribution in [0, 0.1) is 0 Å². The molecule has 27 aromatic rings. The summed E-state index contributed by atoms with van der Waals surface area (Å²) in [5, 5.41) is 12.8. The van der Waals surface area contributed by atoms with Crippen LogP contribution in [0.25, 0.3) is 205 Å². The molecule has 2 aliphatic carbocycles. The number of hydrogen-bond acceptors (Lipinski definition) is 5. The third kappa shape index (κ3) is 13.0. The highest BCUT2D eigenvalue weighted by molar-refractivity contribution is 7.27. The molecule has 2 aliphatic rings. The molecule has 0 saturated heterocycles. The number of benzene rings is 22. The Morgan fingerprint density at radius 2 is 0.457 bits per heavy atom. The number of aromatic nitrogens is 2. The smallest absolute Gasteiger partial charge is 0.0726 e. The van der Waals surface area contributed by atoms with Crippen LogP contribution in [0.5, 0.6) is 0 Å². The van der Waals surface area contributed by atoms with E-state index in [-0.39, 0.29) is 0 Å². The fraction of sp³-hybridized carbons (Fsp3) is 0.00752. The predicted molar refractivity (Wildman–Crippen MR) is 599 cm³/mol. The lowest BCUT2D eigenvalue weighted by Crippen LogP contribution is -2.26. The summed E-state index contributed by atoms with van der Waals surface area (Å²) in [5.41, 5.74) is 38.5. The minimum Gasteiger partial charge on any atom is -0.310 e. The molecule has 140 heavy (non-hydrogen) atoms. The van der Waals surface area contributed by atoms with E-state index in [1.54, 1.807) is 0 Å². The molecule has 0 atom stereocenters. The third-order valence-corrected chi connectivity index (χ3v) is 32.8. The highest BCUT2D eigenvalue weighted by Crippen LogP contribution is 2.64. The molecule has 7 heteroatoms. The quantitative estimate of drug-likeness (QED) is 0.108. The summed E-state index contributed by atoms with van der Waals surface area (Å²) in [6.45, 7) is 0. The predicted octanol–water partition coefficient (Wildman–Crippen LogP) is 38.0. The maximum absolute atomic E-state index is 2.50. The molecule has 0 unspecified atom stereocenters. The summed E-state index contributed by atoms with van der Waals surface area (Å²) in [7, 11) is 0. The molecule has 5 heterocycles. The summed E-state index contributed by atoms with van der Waals surface area (Å²) in [6, 6.07) is 188. The van der Waals surface area contributed by atoms with E-state index in [2.05, 4.69) is 529 Å². The van der Waals surface area contributed by atoms with Gasteiger partial charge in [0, 0.05) is 139 Å². The molecule has 0 saturated carbocycles. The minimum absolute atomic E-state index is 0.454. The van der Waals surface area contributed by atoms with Crippen molar-refractivity contribution in [3.8, 4) is 100 Å². The number of thiophene rings is 3. The lowest BCUT2D eigenvalue weighted by molar-refractivity contribution is 0.793. The van der Waals surface area contributed by atoms with Crippen LogP contribution in [-0.2, 0) is 5.41 Å². The van der Waals surface area contributed by atoms with Gasteiger partial charge in [0.15, 0.2) is 0 Å². The van der Waals surface area contributed by atoms with Crippen molar-refractivity contribution in [2.75, 3.05) is 9.80 Å². The zero-order valence-corrected chi connectivity index (χ0v) is 78.5. The largest absolute Gasteiger partial charge is 0.310 e. The number of rotatable bonds is 14. The van der Waals surface area contributed by atoms with E-state index in [1.165, 1.54) is 215 Å². The second-order valence-corrected chi connectivity index (χ2v) is 40.0. The van der Waals surface area contributed by atoms with Crippen LogP contribution in [0.3, 0.4) is 0 Å². The molecule has 0 amide bonds. The molecule has 0 N–H and O–H groups in total. The fourth-order valence-corrected chi connectivity index (χ4v) is 26.5. The minimum atomic E-state index is -0.454. The Balaban J connectivity index is 0.000000139. The van der Waals surface area contributed by atoms with Gasteiger partial charge in [0.1, 0.15) is 0 Å². The van der Waals surface area contributed by atoms with Crippen LogP contribution in [0.4, 0.5) is 34.1 Å². The van der Waals surface area contributed by atoms with Crippen LogP contribution < -0.4 is 9.80 Å². The van der Waals surface area contributed by atoms with Crippen LogP contribution >= 0.6 is 34.0 Å². The molecule has 4 nitrogen and oxygen atoms in total. The highest BCUT2D eigenvalue weighted by atomic mass is 32.1. The average Bonchev–Trinajstić information content (AvgIpc) is 1.50. The van der Waals surface area contributed by atoms with Crippen LogP contribution in [0.2, 0.25) is 0 Å². The Bertz CT molecular complexity index is 9510. The van der Waals surface area contributed by atoms with Crippen molar-refractivity contribution < 1.29 is 0 Å². The first-order chi connectivity index (χ1) is 69.4. The molecule has 29 rings (SSSR count). The maximum atomic E-state index is 2.50. The SMILES string of the molecule is c1ccc(-c2ccc(N(c3ccc(-c4cc5c6ccccc6n(-c6ccc(-c7ccccc7)cc6)c5c5c4sc4ccccc45)cc3)c3ccc4c(c3)C3(c5ccccc5-c5ccccc53)c3ccccc3-4)cc2)cc1.c1ccc(-c2ccc(N(c3ccc(-c4cc5c6ccccc6n(-c6ccc(-c7ccccc7)cc6)c5c5c4sc4ccccc45)cc3)c3ccc4sc5ccccc5c4c3)cc2)cc1. The standard InChI is InChI=1S/C73H46N2S.C60H38N2S2/c1-3-17-47(18-4-1)49-31-37-52(38-32-49)74(55-43-44-59-58-23-9-14-28-66(58)73(67(59)45-55)64-26-12-7-21-56(64)57-22-8-13-27-65(57)73)53-41-35-51(36-42-53)62-46-63-60-24-10-15-29-68(60)75(54-39-33-50(34-40-54)48-19-5-2-6-20-48)71(63)70-61-25-11-16-30-69(61)76-72(62)70;1-3-13-39(14-4-1)41-23-29-44(30-24-41)61(47-35-36-57-52(37-47)49-18-8-11-21-55(49)63-57)45-33-27-43(28-34-45)51-38-53-48-17-7-10-20-54(48)62(46-31-25-42(26-32-46)40-15-5-2-6-16-40)59(53)58-50-19-9-12-22-56(50)64-60(51)58/h1-46H;1-38H. The van der Waals surface area contributed by atoms with Crippen LogP contribution in [-0.4, -0.2) is 9.13 Å². The van der Waals surface area contributed by atoms with Gasteiger partial charge in [0.25, 0.3) is 0 Å². The summed E-state index contributed by atoms with van der Waals surface area (Å²) < 4.78 is 12.8. The van der Waals surface area contributed by atoms with E-state index in [0.717, 1.165) is 45.5 Å². The summed E-state index contributed by atoms with van der Waals surface area (Å²) >= 11 is 5.65. The van der Waals surface area contributed by atoms with Gasteiger partial charge in [-0.3, -0.25) is 0 Å². The van der Waals surface area contributed by atoms with Gasteiger partial charge >= 0.3 is 0 Å². The molecule has 0 bridgehead atoms. The van der Waals surface area contributed by atoms with Gasteiger partial charge in [-0.2, -0.15) is 0 Å². The zero-order valence-electron chi connectivity index (χ0n) is 76.0. The molecule has 0 radical (unpaired) electrons. The first kappa shape index (κ1) is 81.1. The van der Waals surface area contributed by atoms with Gasteiger partial charge < -0.3 is 18.9 Å². The molecule has 0 aliphatic heterocycles. The van der Waals surface area contributed by atoms with Gasteiger partial charge in [-0.15, -0.1) is 34.0 Å². The number of fused-ring (bicyclic) bond motifs is 27. The van der Waals surface area contributed by atoms with E-state index in [1.807, 2.05) is 34.0 Å². The Labute approximate surface area is 822 Å². The normalized spacial score (nSPS) is 12.3. The highest BCUT2D eigenvalue weighted by Gasteiger charge is 2.52. The van der Waals surface area contributed by atoms with Gasteiger partial charge in [-0.1, -0.05) is 364 Å². The van der Waals surface area contributed by atoms with E-state index in [9.17, 15) is 0 Å². The monoisotopic (exact) mass is 1830 g/mol. The topological polar surface area (TPSA) is 16.3 Å². The van der Waals surface area contributed by atoms with Crippen molar-refractivity contribution in [2.45, 2.75) is 5.41 Å². The van der Waals surface area contributed by atoms with Crippen molar-refractivity contribution in [1.29, 1.82) is 0 Å². The number of hydrogen-bond donors (Lipinski definition) is 0. The van der Waals surface area contributed by atoms with Crippen LogP contribution in [0.15, 0.2) is 510 Å². The Kier molecular flexibility index (Phi) is 19.1. The van der Waals surface area contributed by atoms with Crippen molar-refractivity contribution in [3.05, 3.63) is 532 Å². The Morgan fingerprint density at radius 3 is 0.857 bits per heavy atom. The lowest BCUT2D eigenvalue weighted by atomic mass is 9.70. The van der Waals surface area contributed by atoms with Crippen molar-refractivity contribution in [3.63, 3.8) is 0 Å².